The number of carbonyl (C=O) groups excluding carboxylic acids is 1. The Morgan fingerprint density at radius 3 is 3.06 bits per heavy atom. The molecule has 0 aromatic heterocycles. The van der Waals surface area contributed by atoms with Crippen molar-refractivity contribution in [1.29, 1.82) is 0 Å². The summed E-state index contributed by atoms with van der Waals surface area (Å²) in [5.41, 5.74) is 0.545. The van der Waals surface area contributed by atoms with E-state index in [1.165, 1.54) is 0 Å². The lowest BCUT2D eigenvalue weighted by Crippen LogP contribution is -2.07. The fourth-order valence-electron chi connectivity index (χ4n) is 1.66. The molecule has 16 heavy (non-hydrogen) atoms. The van der Waals surface area contributed by atoms with Crippen LogP contribution in [-0.4, -0.2) is 24.7 Å². The Morgan fingerprint density at radius 1 is 1.56 bits per heavy atom. The van der Waals surface area contributed by atoms with E-state index in [1.54, 1.807) is 17.8 Å². The van der Waals surface area contributed by atoms with Crippen LogP contribution in [0.2, 0.25) is 5.02 Å². The lowest BCUT2D eigenvalue weighted by atomic mass is 10.2. The van der Waals surface area contributed by atoms with Crippen LogP contribution in [0.5, 0.6) is 0 Å². The molecule has 1 atom stereocenters. The summed E-state index contributed by atoms with van der Waals surface area (Å²) in [5, 5.41) is 0.521. The van der Waals surface area contributed by atoms with Crippen LogP contribution in [-0.2, 0) is 4.74 Å². The van der Waals surface area contributed by atoms with Gasteiger partial charge in [-0.1, -0.05) is 11.6 Å². The molecule has 1 aromatic rings. The molecule has 1 aromatic carbocycles. The van der Waals surface area contributed by atoms with E-state index >= 15 is 0 Å². The number of hydrogen-bond donors (Lipinski definition) is 0. The third kappa shape index (κ3) is 3.00. The number of carbonyl (C=O) groups is 1. The predicted octanol–water partition coefficient (Wildman–Crippen LogP) is 3.42. The van der Waals surface area contributed by atoms with Gasteiger partial charge >= 0.3 is 0 Å². The van der Waals surface area contributed by atoms with Crippen LogP contribution in [0, 0.1) is 0 Å². The van der Waals surface area contributed by atoms with Gasteiger partial charge in [-0.3, -0.25) is 4.79 Å². The summed E-state index contributed by atoms with van der Waals surface area (Å²) in [6.45, 7) is 0.885. The minimum atomic E-state index is 0.370. The largest absolute Gasteiger partial charge is 0.377 e. The van der Waals surface area contributed by atoms with Gasteiger partial charge in [0.25, 0.3) is 0 Å². The van der Waals surface area contributed by atoms with Crippen LogP contribution >= 0.6 is 23.4 Å². The Morgan fingerprint density at radius 2 is 2.44 bits per heavy atom. The average Bonchev–Trinajstić information content (AvgIpc) is 2.79. The number of ether oxygens (including phenoxy) is 1. The molecule has 86 valence electrons. The smallest absolute Gasteiger partial charge is 0.151 e. The Labute approximate surface area is 104 Å². The van der Waals surface area contributed by atoms with Crippen LogP contribution in [0.3, 0.4) is 0 Å². The van der Waals surface area contributed by atoms with Crippen LogP contribution in [0.1, 0.15) is 23.2 Å². The molecular formula is C12H13ClO2S. The minimum Gasteiger partial charge on any atom is -0.377 e. The molecule has 1 fully saturated rings. The lowest BCUT2D eigenvalue weighted by Gasteiger charge is -2.09. The molecule has 4 heteroatoms. The summed E-state index contributed by atoms with van der Waals surface area (Å²) < 4.78 is 5.54. The fourth-order valence-corrected chi connectivity index (χ4v) is 2.95. The van der Waals surface area contributed by atoms with Gasteiger partial charge in [-0.15, -0.1) is 11.8 Å². The van der Waals surface area contributed by atoms with Crippen molar-refractivity contribution >= 4 is 29.6 Å². The number of halogens is 1. The number of aldehydes is 1. The molecule has 0 spiro atoms. The third-order valence-corrected chi connectivity index (χ3v) is 4.01. The van der Waals surface area contributed by atoms with E-state index in [0.29, 0.717) is 16.7 Å². The van der Waals surface area contributed by atoms with E-state index in [4.69, 9.17) is 16.3 Å². The Hall–Kier alpha value is -0.510. The van der Waals surface area contributed by atoms with E-state index < -0.39 is 0 Å². The molecule has 0 aliphatic carbocycles. The minimum absolute atomic E-state index is 0.370. The summed E-state index contributed by atoms with van der Waals surface area (Å²) in [7, 11) is 0. The van der Waals surface area contributed by atoms with Gasteiger partial charge in [0.2, 0.25) is 0 Å². The number of benzene rings is 1. The zero-order chi connectivity index (χ0) is 11.4. The van der Waals surface area contributed by atoms with E-state index in [9.17, 15) is 4.79 Å². The first-order valence-corrected chi connectivity index (χ1v) is 6.65. The summed E-state index contributed by atoms with van der Waals surface area (Å²) >= 11 is 7.67. The SMILES string of the molecule is O=Cc1ccc(SCC2CCCO2)cc1Cl. The number of thioether (sulfide) groups is 1. The molecule has 1 aliphatic heterocycles. The molecule has 0 bridgehead atoms. The molecule has 0 amide bonds. The Bertz CT molecular complexity index is 375. The van der Waals surface area contributed by atoms with Gasteiger partial charge in [0.1, 0.15) is 0 Å². The molecule has 2 rings (SSSR count). The second-order valence-electron chi connectivity index (χ2n) is 3.75. The van der Waals surface area contributed by atoms with Crippen LogP contribution in [0.15, 0.2) is 23.1 Å². The van der Waals surface area contributed by atoms with Gasteiger partial charge in [0.05, 0.1) is 11.1 Å². The Balaban J connectivity index is 1.93. The molecule has 0 saturated carbocycles. The van der Waals surface area contributed by atoms with E-state index in [0.717, 1.165) is 36.4 Å². The van der Waals surface area contributed by atoms with Gasteiger partial charge in [-0.25, -0.2) is 0 Å². The highest BCUT2D eigenvalue weighted by atomic mass is 35.5. The van der Waals surface area contributed by atoms with Gasteiger partial charge in [0, 0.05) is 22.8 Å². The fraction of sp³-hybridized carbons (Fsp3) is 0.417. The van der Waals surface area contributed by atoms with Crippen molar-refractivity contribution in [1.82, 2.24) is 0 Å². The molecule has 0 radical (unpaired) electrons. The summed E-state index contributed by atoms with van der Waals surface area (Å²) in [6, 6.07) is 5.52. The quantitative estimate of drug-likeness (QED) is 0.610. The van der Waals surface area contributed by atoms with Gasteiger partial charge < -0.3 is 4.74 Å². The zero-order valence-corrected chi connectivity index (χ0v) is 10.4. The zero-order valence-electron chi connectivity index (χ0n) is 8.82. The first-order chi connectivity index (χ1) is 7.79. The van der Waals surface area contributed by atoms with Gasteiger partial charge in [-0.2, -0.15) is 0 Å². The van der Waals surface area contributed by atoms with Crippen molar-refractivity contribution in [2.75, 3.05) is 12.4 Å². The molecule has 1 aliphatic rings. The molecule has 1 heterocycles. The molecule has 1 unspecified atom stereocenters. The van der Waals surface area contributed by atoms with E-state index in [-0.39, 0.29) is 0 Å². The topological polar surface area (TPSA) is 26.3 Å². The van der Waals surface area contributed by atoms with Crippen molar-refractivity contribution in [2.24, 2.45) is 0 Å². The van der Waals surface area contributed by atoms with Gasteiger partial charge in [-0.05, 0) is 31.0 Å². The van der Waals surface area contributed by atoms with E-state index in [2.05, 4.69) is 0 Å². The molecule has 1 saturated heterocycles. The Kier molecular flexibility index (Phi) is 4.27. The third-order valence-electron chi connectivity index (χ3n) is 2.56. The number of rotatable bonds is 4. The van der Waals surface area contributed by atoms with Crippen molar-refractivity contribution < 1.29 is 9.53 Å². The van der Waals surface area contributed by atoms with Crippen molar-refractivity contribution in [3.63, 3.8) is 0 Å². The summed E-state index contributed by atoms with van der Waals surface area (Å²) in [5.74, 6) is 0.955. The maximum atomic E-state index is 10.6. The van der Waals surface area contributed by atoms with Crippen molar-refractivity contribution in [3.05, 3.63) is 28.8 Å². The van der Waals surface area contributed by atoms with Crippen LogP contribution in [0.25, 0.3) is 0 Å². The summed E-state index contributed by atoms with van der Waals surface area (Å²) in [6.07, 6.45) is 3.45. The maximum absolute atomic E-state index is 10.6. The van der Waals surface area contributed by atoms with Crippen LogP contribution < -0.4 is 0 Å². The lowest BCUT2D eigenvalue weighted by molar-refractivity contribution is 0.112. The van der Waals surface area contributed by atoms with Crippen LogP contribution in [0.4, 0.5) is 0 Å². The maximum Gasteiger partial charge on any atom is 0.151 e. The number of hydrogen-bond acceptors (Lipinski definition) is 3. The molecular weight excluding hydrogens is 244 g/mol. The highest BCUT2D eigenvalue weighted by molar-refractivity contribution is 7.99. The van der Waals surface area contributed by atoms with Gasteiger partial charge in [0.15, 0.2) is 6.29 Å². The predicted molar refractivity (Wildman–Crippen MR) is 66.5 cm³/mol. The summed E-state index contributed by atoms with van der Waals surface area (Å²) in [4.78, 5) is 11.7. The second-order valence-corrected chi connectivity index (χ2v) is 5.25. The van der Waals surface area contributed by atoms with Crippen molar-refractivity contribution in [2.45, 2.75) is 23.8 Å². The monoisotopic (exact) mass is 256 g/mol. The first kappa shape index (κ1) is 12.0. The highest BCUT2D eigenvalue weighted by Gasteiger charge is 2.15. The highest BCUT2D eigenvalue weighted by Crippen LogP contribution is 2.27. The van der Waals surface area contributed by atoms with Crippen molar-refractivity contribution in [3.8, 4) is 0 Å². The average molecular weight is 257 g/mol. The first-order valence-electron chi connectivity index (χ1n) is 5.29. The molecule has 2 nitrogen and oxygen atoms in total. The molecule has 0 N–H and O–H groups in total. The standard InChI is InChI=1S/C12H13ClO2S/c13-12-6-11(4-3-9(12)7-14)16-8-10-2-1-5-15-10/h3-4,6-7,10H,1-2,5,8H2. The second kappa shape index (κ2) is 5.71. The normalized spacial score (nSPS) is 19.9. The van der Waals surface area contributed by atoms with E-state index in [1.807, 2.05) is 12.1 Å².